The van der Waals surface area contributed by atoms with E-state index in [1.54, 1.807) is 4.68 Å². The topological polar surface area (TPSA) is 17.8 Å². The first kappa shape index (κ1) is 13.4. The molecule has 0 saturated carbocycles. The number of aromatic nitrogens is 2. The minimum absolute atomic E-state index is 0.403. The number of benzene rings is 1. The third-order valence-electron chi connectivity index (χ3n) is 2.90. The van der Waals surface area contributed by atoms with Gasteiger partial charge < -0.3 is 0 Å². The zero-order valence-electron chi connectivity index (χ0n) is 10.6. The van der Waals surface area contributed by atoms with Gasteiger partial charge in [-0.05, 0) is 25.5 Å². The molecule has 0 amide bonds. The van der Waals surface area contributed by atoms with Crippen LogP contribution in [0.1, 0.15) is 30.2 Å². The summed E-state index contributed by atoms with van der Waals surface area (Å²) < 4.78 is 1.77. The Hall–Kier alpha value is -0.990. The van der Waals surface area contributed by atoms with Crippen LogP contribution < -0.4 is 0 Å². The third kappa shape index (κ3) is 2.55. The highest BCUT2D eigenvalue weighted by Crippen LogP contribution is 2.26. The van der Waals surface area contributed by atoms with Crippen molar-refractivity contribution < 1.29 is 0 Å². The summed E-state index contributed by atoms with van der Waals surface area (Å²) in [5, 5.41) is 5.19. The van der Waals surface area contributed by atoms with Gasteiger partial charge in [0.1, 0.15) is 5.15 Å². The zero-order valence-corrected chi connectivity index (χ0v) is 12.1. The maximum Gasteiger partial charge on any atom is 0.137 e. The Morgan fingerprint density at radius 2 is 1.89 bits per heavy atom. The normalized spacial score (nSPS) is 10.9. The largest absolute Gasteiger partial charge is 0.222 e. The van der Waals surface area contributed by atoms with Crippen LogP contribution in [0, 0.1) is 6.92 Å². The maximum absolute atomic E-state index is 6.36. The molecule has 96 valence electrons. The van der Waals surface area contributed by atoms with Crippen LogP contribution in [0.25, 0.3) is 5.69 Å². The Kier molecular flexibility index (Phi) is 4.31. The number of nitrogens with zero attached hydrogens (tertiary/aromatic N) is 2. The third-order valence-corrected chi connectivity index (χ3v) is 3.56. The monoisotopic (exact) mass is 282 g/mol. The molecule has 1 heterocycles. The SMILES string of the molecule is CCCc1nn(-c2ccc(C)cc2)c(Cl)c1CCl. The van der Waals surface area contributed by atoms with Gasteiger partial charge in [0, 0.05) is 5.56 Å². The number of hydrogen-bond acceptors (Lipinski definition) is 1. The maximum atomic E-state index is 6.36. The average Bonchev–Trinajstić information content (AvgIpc) is 2.67. The number of halogens is 2. The van der Waals surface area contributed by atoms with Gasteiger partial charge in [-0.15, -0.1) is 11.6 Å². The van der Waals surface area contributed by atoms with Gasteiger partial charge in [0.15, 0.2) is 0 Å². The van der Waals surface area contributed by atoms with E-state index in [4.69, 9.17) is 23.2 Å². The highest BCUT2D eigenvalue weighted by molar-refractivity contribution is 6.31. The van der Waals surface area contributed by atoms with Gasteiger partial charge >= 0.3 is 0 Å². The molecular formula is C14H16Cl2N2. The van der Waals surface area contributed by atoms with Gasteiger partial charge in [-0.3, -0.25) is 0 Å². The lowest BCUT2D eigenvalue weighted by molar-refractivity contribution is 0.805. The molecule has 1 aromatic carbocycles. The Balaban J connectivity index is 2.47. The van der Waals surface area contributed by atoms with E-state index >= 15 is 0 Å². The summed E-state index contributed by atoms with van der Waals surface area (Å²) in [5.74, 6) is 0.403. The fourth-order valence-electron chi connectivity index (χ4n) is 1.90. The van der Waals surface area contributed by atoms with Crippen molar-refractivity contribution in [2.75, 3.05) is 0 Å². The highest BCUT2D eigenvalue weighted by Gasteiger charge is 2.15. The standard InChI is InChI=1S/C14H16Cl2N2/c1-3-4-13-12(9-15)14(16)18(17-13)11-7-5-10(2)6-8-11/h5-8H,3-4,9H2,1-2H3. The number of hydrogen-bond donors (Lipinski definition) is 0. The van der Waals surface area contributed by atoms with Crippen molar-refractivity contribution in [2.24, 2.45) is 0 Å². The second-order valence-electron chi connectivity index (χ2n) is 4.35. The second kappa shape index (κ2) is 5.77. The van der Waals surface area contributed by atoms with Crippen molar-refractivity contribution in [2.45, 2.75) is 32.6 Å². The summed E-state index contributed by atoms with van der Waals surface area (Å²) in [5.41, 5.74) is 4.13. The molecule has 18 heavy (non-hydrogen) atoms. The molecule has 0 aliphatic carbocycles. The molecule has 0 spiro atoms. The Morgan fingerprint density at radius 3 is 2.44 bits per heavy atom. The van der Waals surface area contributed by atoms with E-state index in [1.165, 1.54) is 5.56 Å². The van der Waals surface area contributed by atoms with Gasteiger partial charge in [-0.2, -0.15) is 5.10 Å². The lowest BCUT2D eigenvalue weighted by atomic mass is 10.2. The first-order chi connectivity index (χ1) is 8.67. The Morgan fingerprint density at radius 1 is 1.22 bits per heavy atom. The molecule has 0 saturated heterocycles. The molecule has 0 bridgehead atoms. The van der Waals surface area contributed by atoms with Gasteiger partial charge in [-0.1, -0.05) is 42.6 Å². The summed E-state index contributed by atoms with van der Waals surface area (Å²) >= 11 is 12.3. The average molecular weight is 283 g/mol. The van der Waals surface area contributed by atoms with E-state index in [-0.39, 0.29) is 0 Å². The van der Waals surface area contributed by atoms with E-state index in [0.29, 0.717) is 11.0 Å². The quantitative estimate of drug-likeness (QED) is 0.754. The predicted molar refractivity (Wildman–Crippen MR) is 76.9 cm³/mol. The van der Waals surface area contributed by atoms with E-state index in [2.05, 4.69) is 18.9 Å². The second-order valence-corrected chi connectivity index (χ2v) is 4.97. The van der Waals surface area contributed by atoms with Crippen LogP contribution in [-0.4, -0.2) is 9.78 Å². The first-order valence-electron chi connectivity index (χ1n) is 6.06. The molecule has 0 radical (unpaired) electrons. The van der Waals surface area contributed by atoms with Gasteiger partial charge in [0.25, 0.3) is 0 Å². The molecule has 0 N–H and O–H groups in total. The van der Waals surface area contributed by atoms with Crippen LogP contribution >= 0.6 is 23.2 Å². The van der Waals surface area contributed by atoms with Gasteiger partial charge in [-0.25, -0.2) is 4.68 Å². The molecule has 1 aromatic heterocycles. The molecule has 0 aliphatic heterocycles. The first-order valence-corrected chi connectivity index (χ1v) is 6.98. The van der Waals surface area contributed by atoms with Crippen LogP contribution in [0.3, 0.4) is 0 Å². The van der Waals surface area contributed by atoms with E-state index < -0.39 is 0 Å². The fraction of sp³-hybridized carbons (Fsp3) is 0.357. The molecule has 0 fully saturated rings. The molecule has 0 aliphatic rings. The Labute approximate surface area is 118 Å². The Bertz CT molecular complexity index is 529. The summed E-state index contributed by atoms with van der Waals surface area (Å²) in [7, 11) is 0. The number of alkyl halides is 1. The molecule has 2 aromatic rings. The molecule has 2 rings (SSSR count). The highest BCUT2D eigenvalue weighted by atomic mass is 35.5. The molecular weight excluding hydrogens is 267 g/mol. The van der Waals surface area contributed by atoms with Crippen molar-refractivity contribution in [1.29, 1.82) is 0 Å². The van der Waals surface area contributed by atoms with E-state index in [1.807, 2.05) is 24.3 Å². The summed E-state index contributed by atoms with van der Waals surface area (Å²) in [6.07, 6.45) is 1.94. The van der Waals surface area contributed by atoms with Crippen LogP contribution in [0.15, 0.2) is 24.3 Å². The number of rotatable bonds is 4. The zero-order chi connectivity index (χ0) is 13.1. The van der Waals surface area contributed by atoms with Crippen molar-refractivity contribution in [3.8, 4) is 5.69 Å². The summed E-state index contributed by atoms with van der Waals surface area (Å²) in [6, 6.07) is 8.13. The van der Waals surface area contributed by atoms with E-state index in [9.17, 15) is 0 Å². The van der Waals surface area contributed by atoms with Crippen LogP contribution in [0.4, 0.5) is 0 Å². The molecule has 0 atom stereocenters. The lowest BCUT2D eigenvalue weighted by Gasteiger charge is -2.03. The van der Waals surface area contributed by atoms with E-state index in [0.717, 1.165) is 29.8 Å². The molecule has 4 heteroatoms. The van der Waals surface area contributed by atoms with Crippen LogP contribution in [-0.2, 0) is 12.3 Å². The van der Waals surface area contributed by atoms with Crippen molar-refractivity contribution in [1.82, 2.24) is 9.78 Å². The number of aryl methyl sites for hydroxylation is 2. The molecule has 0 unspecified atom stereocenters. The van der Waals surface area contributed by atoms with Crippen molar-refractivity contribution >= 4 is 23.2 Å². The summed E-state index contributed by atoms with van der Waals surface area (Å²) in [6.45, 7) is 4.18. The van der Waals surface area contributed by atoms with Crippen LogP contribution in [0.2, 0.25) is 5.15 Å². The smallest absolute Gasteiger partial charge is 0.137 e. The van der Waals surface area contributed by atoms with Gasteiger partial charge in [0.2, 0.25) is 0 Å². The summed E-state index contributed by atoms with van der Waals surface area (Å²) in [4.78, 5) is 0. The minimum atomic E-state index is 0.403. The van der Waals surface area contributed by atoms with Crippen molar-refractivity contribution in [3.63, 3.8) is 0 Å². The molecule has 2 nitrogen and oxygen atoms in total. The van der Waals surface area contributed by atoms with Crippen molar-refractivity contribution in [3.05, 3.63) is 46.2 Å². The van der Waals surface area contributed by atoms with Gasteiger partial charge in [0.05, 0.1) is 17.3 Å². The predicted octanol–water partition coefficient (Wildman–Crippen LogP) is 4.53. The van der Waals surface area contributed by atoms with Crippen LogP contribution in [0.5, 0.6) is 0 Å². The lowest BCUT2D eigenvalue weighted by Crippen LogP contribution is -1.97. The minimum Gasteiger partial charge on any atom is -0.222 e. The fourth-order valence-corrected chi connectivity index (χ4v) is 2.56.